The van der Waals surface area contributed by atoms with Crippen LogP contribution in [-0.4, -0.2) is 192 Å². The Morgan fingerprint density at radius 2 is 0.944 bits per heavy atom. The molecule has 2 heterocycles. The molecule has 672 valence electrons. The Bertz CT molecular complexity index is 4720. The maximum absolute atomic E-state index is 15.4. The van der Waals surface area contributed by atoms with Gasteiger partial charge in [-0.05, 0) is 104 Å². The van der Waals surface area contributed by atoms with Crippen molar-refractivity contribution in [2.75, 3.05) is 34.5 Å². The van der Waals surface area contributed by atoms with Crippen molar-refractivity contribution in [1.29, 1.82) is 0 Å². The number of esters is 6. The van der Waals surface area contributed by atoms with E-state index in [4.69, 9.17) is 90.3 Å². The lowest BCUT2D eigenvalue weighted by molar-refractivity contribution is -0.424. The lowest BCUT2D eigenvalue weighted by Crippen LogP contribution is -2.70. The summed E-state index contributed by atoms with van der Waals surface area (Å²) in [5.74, 6) is -8.95. The molecule has 12 unspecified atom stereocenters. The van der Waals surface area contributed by atoms with Crippen LogP contribution in [0.4, 0.5) is 0 Å². The summed E-state index contributed by atoms with van der Waals surface area (Å²) in [6.07, 6.45) is -22.7. The molecule has 2 amide bonds. The van der Waals surface area contributed by atoms with Crippen molar-refractivity contribution in [3.05, 3.63) is 276 Å². The van der Waals surface area contributed by atoms with Crippen molar-refractivity contribution in [3.8, 4) is 11.5 Å². The molecule has 29 heteroatoms. The molecule has 29 nitrogen and oxygen atoms in total. The number of carbonyl (C=O) groups is 8. The van der Waals surface area contributed by atoms with Crippen LogP contribution in [0, 0.1) is 17.8 Å². The average Bonchev–Trinajstić information content (AvgIpc) is 0.728. The van der Waals surface area contributed by atoms with Crippen molar-refractivity contribution in [2.24, 2.45) is 17.8 Å². The first kappa shape index (κ1) is 95.3. The first-order valence-electron chi connectivity index (χ1n) is 42.0. The minimum Gasteiger partial charge on any atom is -0.497 e. The van der Waals surface area contributed by atoms with Crippen LogP contribution in [0.1, 0.15) is 117 Å². The third kappa shape index (κ3) is 26.6. The third-order valence-electron chi connectivity index (χ3n) is 21.9. The van der Waals surface area contributed by atoms with Crippen LogP contribution in [0.3, 0.4) is 0 Å². The molecular formula is C97H112N2O27. The highest BCUT2D eigenvalue weighted by Gasteiger charge is 2.62. The Morgan fingerprint density at radius 3 is 1.41 bits per heavy atom. The van der Waals surface area contributed by atoms with E-state index in [-0.39, 0.29) is 57.0 Å². The van der Waals surface area contributed by atoms with Crippen LogP contribution >= 0.6 is 0 Å². The predicted molar refractivity (Wildman–Crippen MR) is 454 cm³/mol. The van der Waals surface area contributed by atoms with Gasteiger partial charge in [0.05, 0.1) is 89.5 Å². The Kier molecular flexibility index (Phi) is 35.8. The van der Waals surface area contributed by atoms with Gasteiger partial charge in [-0.15, -0.1) is 0 Å². The first-order valence-corrected chi connectivity index (χ1v) is 42.0. The van der Waals surface area contributed by atoms with Crippen LogP contribution in [0.5, 0.6) is 11.5 Å². The Hall–Kier alpha value is -11.3. The molecule has 0 aromatic heterocycles. The number of benzene rings is 8. The van der Waals surface area contributed by atoms with Crippen LogP contribution in [0.15, 0.2) is 237 Å². The van der Waals surface area contributed by atoms with Gasteiger partial charge in [-0.1, -0.05) is 195 Å². The predicted octanol–water partition coefficient (Wildman–Crippen LogP) is 12.3. The monoisotopic (exact) mass is 1740 g/mol. The maximum atomic E-state index is 15.4. The number of carbonyl (C=O) groups excluding carboxylic acids is 8. The van der Waals surface area contributed by atoms with Gasteiger partial charge >= 0.3 is 35.8 Å². The number of amides is 2. The van der Waals surface area contributed by atoms with Crippen molar-refractivity contribution in [3.63, 3.8) is 0 Å². The molecule has 2 saturated heterocycles. The lowest BCUT2D eigenvalue weighted by Gasteiger charge is -2.52. The van der Waals surface area contributed by atoms with E-state index in [9.17, 15) is 24.0 Å². The molecule has 0 bridgehead atoms. The lowest BCUT2D eigenvalue weighted by atomic mass is 9.70. The Balaban J connectivity index is 1.04. The summed E-state index contributed by atoms with van der Waals surface area (Å²) in [7, 11) is 3.90. The Labute approximate surface area is 733 Å². The fourth-order valence-corrected chi connectivity index (χ4v) is 15.9. The van der Waals surface area contributed by atoms with E-state index in [0.29, 0.717) is 28.2 Å². The topological polar surface area (TPSA) is 336 Å². The van der Waals surface area contributed by atoms with Crippen molar-refractivity contribution >= 4 is 47.6 Å². The van der Waals surface area contributed by atoms with Crippen molar-refractivity contribution in [1.82, 2.24) is 10.6 Å². The summed E-state index contributed by atoms with van der Waals surface area (Å²) in [5, 5.41) is 5.98. The first-order chi connectivity index (χ1) is 60.9. The highest BCUT2D eigenvalue weighted by atomic mass is 17.2. The van der Waals surface area contributed by atoms with Gasteiger partial charge in [0.1, 0.15) is 85.2 Å². The average molecular weight is 1740 g/mol. The molecule has 0 radical (unpaired) electrons. The van der Waals surface area contributed by atoms with E-state index in [2.05, 4.69) is 10.6 Å². The number of ether oxygens (including phenoxy) is 17. The molecular weight excluding hydrogens is 1630 g/mol. The van der Waals surface area contributed by atoms with E-state index in [0.717, 1.165) is 18.2 Å². The van der Waals surface area contributed by atoms with Crippen molar-refractivity contribution in [2.45, 2.75) is 211 Å². The van der Waals surface area contributed by atoms with Gasteiger partial charge in [-0.25, -0.2) is 24.2 Å². The van der Waals surface area contributed by atoms with E-state index < -0.39 is 188 Å². The number of nitrogens with one attached hydrogen (secondary N) is 2. The number of rotatable bonds is 43. The summed E-state index contributed by atoms with van der Waals surface area (Å²) in [6.45, 7) is 9.81. The zero-order chi connectivity index (χ0) is 89.7. The second kappa shape index (κ2) is 47.3. The van der Waals surface area contributed by atoms with Crippen LogP contribution in [0.25, 0.3) is 0 Å². The smallest absolute Gasteiger partial charge is 0.338 e. The molecule has 3 fully saturated rings. The fraction of sp³-hybridized carbons (Fsp3) is 0.423. The summed E-state index contributed by atoms with van der Waals surface area (Å²) < 4.78 is 113. The van der Waals surface area contributed by atoms with Crippen LogP contribution in [0.2, 0.25) is 0 Å². The molecule has 2 aliphatic heterocycles. The molecule has 1 saturated carbocycles. The minimum atomic E-state index is -2.01. The second-order valence-corrected chi connectivity index (χ2v) is 31.4. The summed E-state index contributed by atoms with van der Waals surface area (Å²) >= 11 is 0. The molecule has 8 aromatic rings. The van der Waals surface area contributed by atoms with Crippen LogP contribution < -0.4 is 20.1 Å². The van der Waals surface area contributed by atoms with Gasteiger partial charge in [-0.2, -0.15) is 0 Å². The van der Waals surface area contributed by atoms with E-state index >= 15 is 14.4 Å². The van der Waals surface area contributed by atoms with Gasteiger partial charge in [0.2, 0.25) is 11.8 Å². The number of hydrogen-bond donors (Lipinski definition) is 2. The van der Waals surface area contributed by atoms with E-state index in [1.807, 2.05) is 97.1 Å². The molecule has 3 aliphatic rings. The van der Waals surface area contributed by atoms with E-state index in [1.165, 1.54) is 54.0 Å². The summed E-state index contributed by atoms with van der Waals surface area (Å²) in [6, 6.07) is 66.4. The second-order valence-electron chi connectivity index (χ2n) is 31.4. The molecule has 20 atom stereocenters. The largest absolute Gasteiger partial charge is 0.497 e. The van der Waals surface area contributed by atoms with E-state index in [1.54, 1.807) is 155 Å². The highest BCUT2D eigenvalue weighted by Crippen LogP contribution is 2.46. The van der Waals surface area contributed by atoms with Gasteiger partial charge in [0.25, 0.3) is 0 Å². The number of hydrogen-bond acceptors (Lipinski definition) is 27. The zero-order valence-corrected chi connectivity index (χ0v) is 72.5. The third-order valence-corrected chi connectivity index (χ3v) is 21.9. The molecule has 0 spiro atoms. The standard InChI is InChI=1S/C97H112N2O27/c1-12-75(79-74(93(106)109-10)52-76(118-73-50-48-72(108-9)49-51-73)84(121-91(104)70-44-30-18-31-45-70)86(79)115-55-67-38-24-15-25-39-67)119-95-81(99-62(4)101)89(117-57-69-42-28-17-29-43-69)85(77(120-95)58-111-63(5)102)123-96-90(122-92(105)71-46-32-19-33-47-71)87(116-56-68-40-26-16-27-41-68)80(88(124-96)94(107)110-11)97(7,8)126-125-78(59-112-64(6)103)83(114-54-66-36-22-14-23-37-66)82(60(2)98-61(3)100)113-53-65-34-20-13-21-35-65/h13-51,60,74-90,95-96H,12,52-59H2,1-11H3,(H,98,100)(H,99,101)/t60-,74?,75?,76-,77?,78?,79+,80+,81?,82?,83-,84?,85-,86?,87?,88?,89?,90?,95+,96-/m1/s1. The quantitative estimate of drug-likeness (QED) is 0.0155. The molecule has 11 rings (SSSR count). The van der Waals surface area contributed by atoms with Gasteiger partial charge in [0.15, 0.2) is 37.0 Å². The normalized spacial score (nSPS) is 23.5. The van der Waals surface area contributed by atoms with Gasteiger partial charge < -0.3 is 91.2 Å². The number of methoxy groups -OCH3 is 3. The van der Waals surface area contributed by atoms with Crippen molar-refractivity contribution < 1.29 is 129 Å². The Morgan fingerprint density at radius 1 is 0.484 bits per heavy atom. The SMILES string of the molecule is CCC(O[C@H]1OC(COC(C)=O)[C@@H](O[C@@H]2OC(C(=O)OC)[C@@H](C(C)(C)OOC(COC(C)=O)[C@@H](OCc3ccccc3)C(OCc3ccccc3)[C@@H](C)NC(C)=O)C(OCc3ccccc3)C2OC(=O)c2ccccc2)C(OCc2ccccc2)C1NC(C)=O)[C@@H]1C(C(=O)OC)C[C@@H](Oc2ccc(OC)cc2)C(OC(=O)c2ccccc2)C1OCc1ccccc1. The summed E-state index contributed by atoms with van der Waals surface area (Å²) in [4.78, 5) is 128. The molecule has 2 N–H and O–H groups in total. The maximum Gasteiger partial charge on any atom is 0.338 e. The van der Waals surface area contributed by atoms with Gasteiger partial charge in [0, 0.05) is 40.0 Å². The molecule has 126 heavy (non-hydrogen) atoms. The summed E-state index contributed by atoms with van der Waals surface area (Å²) in [5.41, 5.74) is 1.73. The van der Waals surface area contributed by atoms with Crippen LogP contribution in [-0.2, 0) is 143 Å². The molecule has 1 aliphatic carbocycles. The molecule has 8 aromatic carbocycles. The minimum absolute atomic E-state index is 0.00666. The highest BCUT2D eigenvalue weighted by molar-refractivity contribution is 5.90. The zero-order valence-electron chi connectivity index (χ0n) is 72.5. The fourth-order valence-electron chi connectivity index (χ4n) is 15.9. The van der Waals surface area contributed by atoms with Gasteiger partial charge in [-0.3, -0.25) is 24.0 Å².